The molecule has 25 heavy (non-hydrogen) atoms. The number of benzene rings is 2. The van der Waals surface area contributed by atoms with E-state index in [2.05, 4.69) is 10.5 Å². The molecule has 2 rings (SSSR count). The van der Waals surface area contributed by atoms with Gasteiger partial charge in [-0.2, -0.15) is 5.10 Å². The van der Waals surface area contributed by atoms with Crippen LogP contribution in [0.5, 0.6) is 11.5 Å². The Morgan fingerprint density at radius 3 is 2.64 bits per heavy atom. The molecule has 1 N–H and O–H groups in total. The van der Waals surface area contributed by atoms with Gasteiger partial charge in [0.15, 0.2) is 0 Å². The number of hydrogen-bond donors (Lipinski definition) is 1. The SMILES string of the molecule is COc1ccc(C=NNC(=O)CCCOc2ccc(Cl)cc2Cl)cc1. The van der Waals surface area contributed by atoms with E-state index in [0.29, 0.717) is 35.2 Å². The van der Waals surface area contributed by atoms with Crippen molar-refractivity contribution in [1.29, 1.82) is 0 Å². The zero-order chi connectivity index (χ0) is 18.1. The second-order valence-corrected chi connectivity index (χ2v) is 5.94. The van der Waals surface area contributed by atoms with E-state index in [1.165, 1.54) is 0 Å². The molecule has 7 heteroatoms. The van der Waals surface area contributed by atoms with Gasteiger partial charge in [-0.3, -0.25) is 4.79 Å². The third-order valence-electron chi connectivity index (χ3n) is 3.22. The molecule has 0 fully saturated rings. The van der Waals surface area contributed by atoms with E-state index in [0.717, 1.165) is 11.3 Å². The van der Waals surface area contributed by atoms with Gasteiger partial charge in [0.25, 0.3) is 0 Å². The van der Waals surface area contributed by atoms with Crippen LogP contribution in [-0.2, 0) is 4.79 Å². The number of halogens is 2. The summed E-state index contributed by atoms with van der Waals surface area (Å²) in [4.78, 5) is 11.7. The van der Waals surface area contributed by atoms with Gasteiger partial charge < -0.3 is 9.47 Å². The lowest BCUT2D eigenvalue weighted by molar-refractivity contribution is -0.121. The first-order valence-electron chi connectivity index (χ1n) is 7.62. The first kappa shape index (κ1) is 19.1. The Labute approximate surface area is 156 Å². The van der Waals surface area contributed by atoms with Crippen molar-refractivity contribution in [1.82, 2.24) is 5.43 Å². The lowest BCUT2D eigenvalue weighted by atomic mass is 10.2. The fourth-order valence-corrected chi connectivity index (χ4v) is 2.39. The monoisotopic (exact) mass is 380 g/mol. The summed E-state index contributed by atoms with van der Waals surface area (Å²) in [7, 11) is 1.61. The Kier molecular flexibility index (Phi) is 7.57. The first-order valence-corrected chi connectivity index (χ1v) is 8.38. The highest BCUT2D eigenvalue weighted by atomic mass is 35.5. The lowest BCUT2D eigenvalue weighted by Crippen LogP contribution is -2.18. The summed E-state index contributed by atoms with van der Waals surface area (Å²) in [6, 6.07) is 12.3. The Bertz CT molecular complexity index is 734. The molecule has 0 aliphatic heterocycles. The minimum atomic E-state index is -0.185. The van der Waals surface area contributed by atoms with Crippen LogP contribution in [-0.4, -0.2) is 25.8 Å². The molecule has 0 bridgehead atoms. The zero-order valence-corrected chi connectivity index (χ0v) is 15.2. The zero-order valence-electron chi connectivity index (χ0n) is 13.7. The molecule has 0 saturated carbocycles. The predicted molar refractivity (Wildman–Crippen MR) is 99.9 cm³/mol. The summed E-state index contributed by atoms with van der Waals surface area (Å²) in [6.45, 7) is 0.372. The van der Waals surface area contributed by atoms with Crippen molar-refractivity contribution >= 4 is 35.3 Å². The predicted octanol–water partition coefficient (Wildman–Crippen LogP) is 4.31. The normalized spacial score (nSPS) is 10.7. The van der Waals surface area contributed by atoms with Crippen LogP contribution in [0.2, 0.25) is 10.0 Å². The molecule has 0 heterocycles. The molecule has 0 spiro atoms. The average molecular weight is 381 g/mol. The average Bonchev–Trinajstić information content (AvgIpc) is 2.61. The third kappa shape index (κ3) is 6.64. The summed E-state index contributed by atoms with van der Waals surface area (Å²) in [5.41, 5.74) is 3.34. The van der Waals surface area contributed by atoms with Gasteiger partial charge in [-0.15, -0.1) is 0 Å². The van der Waals surface area contributed by atoms with Crippen molar-refractivity contribution in [3.8, 4) is 11.5 Å². The van der Waals surface area contributed by atoms with Gasteiger partial charge in [0, 0.05) is 11.4 Å². The second kappa shape index (κ2) is 9.91. The Morgan fingerprint density at radius 2 is 1.96 bits per heavy atom. The van der Waals surface area contributed by atoms with Crippen LogP contribution in [0, 0.1) is 0 Å². The molecule has 0 radical (unpaired) electrons. The molecule has 0 unspecified atom stereocenters. The Hall–Kier alpha value is -2.24. The molecule has 5 nitrogen and oxygen atoms in total. The van der Waals surface area contributed by atoms with Crippen LogP contribution in [0.25, 0.3) is 0 Å². The van der Waals surface area contributed by atoms with Crippen molar-refractivity contribution in [3.05, 3.63) is 58.1 Å². The number of nitrogens with one attached hydrogen (secondary N) is 1. The highest BCUT2D eigenvalue weighted by Gasteiger charge is 2.04. The number of hydrazone groups is 1. The molecule has 0 atom stereocenters. The standard InChI is InChI=1S/C18H18Cl2N2O3/c1-24-15-7-4-13(5-8-15)12-21-22-18(23)3-2-10-25-17-9-6-14(19)11-16(17)20/h4-9,11-12H,2-3,10H2,1H3,(H,22,23). The molecule has 2 aromatic rings. The summed E-state index contributed by atoms with van der Waals surface area (Å²) in [5.74, 6) is 1.13. The fourth-order valence-electron chi connectivity index (χ4n) is 1.93. The minimum Gasteiger partial charge on any atom is -0.497 e. The van der Waals surface area contributed by atoms with Gasteiger partial charge in [0.1, 0.15) is 11.5 Å². The third-order valence-corrected chi connectivity index (χ3v) is 3.75. The van der Waals surface area contributed by atoms with Crippen LogP contribution in [0.4, 0.5) is 0 Å². The molecule has 0 saturated heterocycles. The van der Waals surface area contributed by atoms with Gasteiger partial charge in [0.2, 0.25) is 5.91 Å². The van der Waals surface area contributed by atoms with E-state index in [4.69, 9.17) is 32.7 Å². The van der Waals surface area contributed by atoms with Gasteiger partial charge in [-0.1, -0.05) is 23.2 Å². The van der Waals surface area contributed by atoms with Crippen molar-refractivity contribution in [2.75, 3.05) is 13.7 Å². The van der Waals surface area contributed by atoms with Crippen LogP contribution >= 0.6 is 23.2 Å². The highest BCUT2D eigenvalue weighted by Crippen LogP contribution is 2.27. The molecule has 1 amide bonds. The number of hydrogen-bond acceptors (Lipinski definition) is 4. The Balaban J connectivity index is 1.67. The van der Waals surface area contributed by atoms with Crippen LogP contribution < -0.4 is 14.9 Å². The number of carbonyl (C=O) groups is 1. The summed E-state index contributed by atoms with van der Waals surface area (Å²) < 4.78 is 10.6. The Morgan fingerprint density at radius 1 is 1.20 bits per heavy atom. The number of rotatable bonds is 8. The largest absolute Gasteiger partial charge is 0.497 e. The molecular weight excluding hydrogens is 363 g/mol. The summed E-state index contributed by atoms with van der Waals surface area (Å²) in [5, 5.41) is 4.91. The van der Waals surface area contributed by atoms with Crippen LogP contribution in [0.1, 0.15) is 18.4 Å². The van der Waals surface area contributed by atoms with Gasteiger partial charge in [0.05, 0.1) is 25.0 Å². The number of ether oxygens (including phenoxy) is 2. The van der Waals surface area contributed by atoms with Crippen LogP contribution in [0.3, 0.4) is 0 Å². The maximum atomic E-state index is 11.7. The van der Waals surface area contributed by atoms with Crippen LogP contribution in [0.15, 0.2) is 47.6 Å². The van der Waals surface area contributed by atoms with E-state index < -0.39 is 0 Å². The molecule has 132 valence electrons. The maximum absolute atomic E-state index is 11.7. The molecule has 0 aliphatic rings. The van der Waals surface area contributed by atoms with Crippen molar-refractivity contribution in [3.63, 3.8) is 0 Å². The minimum absolute atomic E-state index is 0.185. The number of amides is 1. The molecule has 2 aromatic carbocycles. The van der Waals surface area contributed by atoms with E-state index in [-0.39, 0.29) is 5.91 Å². The van der Waals surface area contributed by atoms with Crippen molar-refractivity contribution < 1.29 is 14.3 Å². The smallest absolute Gasteiger partial charge is 0.240 e. The fraction of sp³-hybridized carbons (Fsp3) is 0.222. The topological polar surface area (TPSA) is 59.9 Å². The molecular formula is C18H18Cl2N2O3. The quantitative estimate of drug-likeness (QED) is 0.421. The van der Waals surface area contributed by atoms with Gasteiger partial charge >= 0.3 is 0 Å². The summed E-state index contributed by atoms with van der Waals surface area (Å²) in [6.07, 6.45) is 2.41. The number of carbonyl (C=O) groups excluding carboxylic acids is 1. The number of nitrogens with zero attached hydrogens (tertiary/aromatic N) is 1. The van der Waals surface area contributed by atoms with E-state index >= 15 is 0 Å². The van der Waals surface area contributed by atoms with Gasteiger partial charge in [-0.25, -0.2) is 5.43 Å². The number of methoxy groups -OCH3 is 1. The van der Waals surface area contributed by atoms with Crippen molar-refractivity contribution in [2.45, 2.75) is 12.8 Å². The van der Waals surface area contributed by atoms with Crippen molar-refractivity contribution in [2.24, 2.45) is 5.10 Å². The van der Waals surface area contributed by atoms with E-state index in [9.17, 15) is 4.79 Å². The highest BCUT2D eigenvalue weighted by molar-refractivity contribution is 6.35. The lowest BCUT2D eigenvalue weighted by Gasteiger charge is -2.07. The first-order chi connectivity index (χ1) is 12.1. The maximum Gasteiger partial charge on any atom is 0.240 e. The van der Waals surface area contributed by atoms with E-state index in [1.807, 2.05) is 24.3 Å². The van der Waals surface area contributed by atoms with E-state index in [1.54, 1.807) is 31.5 Å². The molecule has 0 aliphatic carbocycles. The molecule has 0 aromatic heterocycles. The second-order valence-electron chi connectivity index (χ2n) is 5.09. The van der Waals surface area contributed by atoms with Gasteiger partial charge in [-0.05, 0) is 54.4 Å². The summed E-state index contributed by atoms with van der Waals surface area (Å²) >= 11 is 11.8.